The third-order valence-electron chi connectivity index (χ3n) is 8.22. The monoisotopic (exact) mass is 495 g/mol. The van der Waals surface area contributed by atoms with Gasteiger partial charge < -0.3 is 4.42 Å². The zero-order valence-electron chi connectivity index (χ0n) is 21.0. The predicted molar refractivity (Wildman–Crippen MR) is 160 cm³/mol. The van der Waals surface area contributed by atoms with E-state index in [2.05, 4.69) is 103 Å². The number of allylic oxidation sites excluding steroid dienone is 2. The lowest BCUT2D eigenvalue weighted by molar-refractivity contribution is 0.586. The molecular formula is C37H21NO. The zero-order chi connectivity index (χ0) is 25.5. The van der Waals surface area contributed by atoms with Crippen molar-refractivity contribution in [3.63, 3.8) is 0 Å². The van der Waals surface area contributed by atoms with Crippen LogP contribution in [0.15, 0.2) is 132 Å². The molecule has 2 aliphatic rings. The van der Waals surface area contributed by atoms with Gasteiger partial charge in [0, 0.05) is 11.1 Å². The molecular weight excluding hydrogens is 474 g/mol. The largest absolute Gasteiger partial charge is 0.436 e. The number of oxazole rings is 1. The first-order valence-electron chi connectivity index (χ1n) is 13.3. The molecule has 180 valence electrons. The van der Waals surface area contributed by atoms with Crippen molar-refractivity contribution >= 4 is 54.9 Å². The van der Waals surface area contributed by atoms with Crippen molar-refractivity contribution in [3.05, 3.63) is 161 Å². The normalized spacial score (nSPS) is 13.9. The summed E-state index contributed by atoms with van der Waals surface area (Å²) in [5.74, 6) is 0.673. The maximum Gasteiger partial charge on any atom is 0.228 e. The maximum absolute atomic E-state index is 6.52. The van der Waals surface area contributed by atoms with Gasteiger partial charge in [-0.25, -0.2) is 4.98 Å². The van der Waals surface area contributed by atoms with Crippen LogP contribution in [0.2, 0.25) is 0 Å². The summed E-state index contributed by atoms with van der Waals surface area (Å²) in [6, 6.07) is 45.3. The van der Waals surface area contributed by atoms with Crippen LogP contribution in [0.25, 0.3) is 54.9 Å². The first-order chi connectivity index (χ1) is 19.4. The number of nitrogens with zero attached hydrogens (tertiary/aromatic N) is 1. The molecule has 0 atom stereocenters. The molecule has 2 aliphatic carbocycles. The van der Waals surface area contributed by atoms with Gasteiger partial charge in [0.25, 0.3) is 0 Å². The molecule has 0 amide bonds. The van der Waals surface area contributed by atoms with Crippen LogP contribution < -0.4 is 0 Å². The quantitative estimate of drug-likeness (QED) is 0.239. The molecule has 0 radical (unpaired) electrons. The third kappa shape index (κ3) is 2.78. The molecule has 2 heteroatoms. The van der Waals surface area contributed by atoms with Gasteiger partial charge in [0.1, 0.15) is 5.52 Å². The van der Waals surface area contributed by atoms with Crippen molar-refractivity contribution in [1.82, 2.24) is 4.98 Å². The van der Waals surface area contributed by atoms with E-state index in [0.29, 0.717) is 5.89 Å². The molecule has 0 unspecified atom stereocenters. The van der Waals surface area contributed by atoms with Crippen LogP contribution in [-0.4, -0.2) is 4.98 Å². The van der Waals surface area contributed by atoms with E-state index in [1.165, 1.54) is 66.1 Å². The molecule has 39 heavy (non-hydrogen) atoms. The Morgan fingerprint density at radius 2 is 1.00 bits per heavy atom. The molecule has 0 spiro atoms. The minimum Gasteiger partial charge on any atom is -0.436 e. The van der Waals surface area contributed by atoms with E-state index in [4.69, 9.17) is 9.40 Å². The number of fused-ring (bicyclic) bond motifs is 10. The average molecular weight is 496 g/mol. The standard InChI is InChI=1S/C37H21NO/c1-2-12-24(13-3-1)31-32-25-14-6-4-10-22(25)18-20-27(32)35-34(31)28-21-19-23-11-5-7-15-26(23)33(28)36(35)37-38-29-16-8-9-17-30(29)39-37/h1-21H. The highest BCUT2D eigenvalue weighted by Crippen LogP contribution is 2.60. The van der Waals surface area contributed by atoms with Gasteiger partial charge in [0.15, 0.2) is 5.58 Å². The van der Waals surface area contributed by atoms with E-state index in [1.54, 1.807) is 0 Å². The molecule has 6 aromatic carbocycles. The molecule has 0 fully saturated rings. The summed E-state index contributed by atoms with van der Waals surface area (Å²) in [7, 11) is 0. The topological polar surface area (TPSA) is 26.0 Å². The fourth-order valence-corrected chi connectivity index (χ4v) is 6.62. The summed E-state index contributed by atoms with van der Waals surface area (Å²) in [4.78, 5) is 5.05. The van der Waals surface area contributed by atoms with E-state index < -0.39 is 0 Å². The fraction of sp³-hybridized carbons (Fsp3) is 0. The number of hydrogen-bond donors (Lipinski definition) is 0. The minimum absolute atomic E-state index is 0.673. The van der Waals surface area contributed by atoms with Crippen molar-refractivity contribution in [2.75, 3.05) is 0 Å². The zero-order valence-corrected chi connectivity index (χ0v) is 21.0. The summed E-state index contributed by atoms with van der Waals surface area (Å²) in [6.45, 7) is 0. The van der Waals surface area contributed by atoms with Gasteiger partial charge in [0.2, 0.25) is 5.89 Å². The van der Waals surface area contributed by atoms with Crippen LogP contribution in [0.4, 0.5) is 0 Å². The van der Waals surface area contributed by atoms with Crippen LogP contribution >= 0.6 is 0 Å². The summed E-state index contributed by atoms with van der Waals surface area (Å²) in [5.41, 5.74) is 12.7. The van der Waals surface area contributed by atoms with Gasteiger partial charge in [-0.3, -0.25) is 0 Å². The van der Waals surface area contributed by atoms with E-state index in [9.17, 15) is 0 Å². The molecule has 9 rings (SSSR count). The molecule has 7 aromatic rings. The number of para-hydroxylation sites is 2. The third-order valence-corrected chi connectivity index (χ3v) is 8.22. The van der Waals surface area contributed by atoms with E-state index >= 15 is 0 Å². The van der Waals surface area contributed by atoms with Gasteiger partial charge >= 0.3 is 0 Å². The second-order valence-electron chi connectivity index (χ2n) is 10.3. The Labute approximate surface area is 225 Å². The lowest BCUT2D eigenvalue weighted by Gasteiger charge is -2.14. The summed E-state index contributed by atoms with van der Waals surface area (Å²) < 4.78 is 6.52. The van der Waals surface area contributed by atoms with E-state index in [0.717, 1.165) is 16.7 Å². The van der Waals surface area contributed by atoms with Crippen LogP contribution in [0, 0.1) is 0 Å². The van der Waals surface area contributed by atoms with Gasteiger partial charge in [-0.1, -0.05) is 115 Å². The van der Waals surface area contributed by atoms with Crippen molar-refractivity contribution in [1.29, 1.82) is 0 Å². The second-order valence-corrected chi connectivity index (χ2v) is 10.3. The van der Waals surface area contributed by atoms with Crippen molar-refractivity contribution in [3.8, 4) is 0 Å². The van der Waals surface area contributed by atoms with Gasteiger partial charge in [-0.05, 0) is 67.1 Å². The Bertz CT molecular complexity index is 2180. The van der Waals surface area contributed by atoms with Crippen LogP contribution in [0.3, 0.4) is 0 Å². The van der Waals surface area contributed by atoms with Crippen LogP contribution in [0.1, 0.15) is 33.7 Å². The molecule has 1 aromatic heterocycles. The molecule has 0 aliphatic heterocycles. The number of benzene rings is 6. The van der Waals surface area contributed by atoms with Crippen LogP contribution in [-0.2, 0) is 0 Å². The fourth-order valence-electron chi connectivity index (χ4n) is 6.62. The maximum atomic E-state index is 6.52. The summed E-state index contributed by atoms with van der Waals surface area (Å²) in [6.07, 6.45) is 0. The van der Waals surface area contributed by atoms with Crippen LogP contribution in [0.5, 0.6) is 0 Å². The molecule has 0 saturated heterocycles. The molecule has 2 nitrogen and oxygen atoms in total. The minimum atomic E-state index is 0.673. The van der Waals surface area contributed by atoms with E-state index in [1.807, 2.05) is 24.3 Å². The Hall–Kier alpha value is -5.21. The molecule has 0 bridgehead atoms. The Morgan fingerprint density at radius 1 is 0.436 bits per heavy atom. The lowest BCUT2D eigenvalue weighted by Crippen LogP contribution is -1.95. The number of hydrogen-bond acceptors (Lipinski definition) is 2. The molecule has 0 N–H and O–H groups in total. The van der Waals surface area contributed by atoms with Crippen molar-refractivity contribution in [2.45, 2.75) is 0 Å². The van der Waals surface area contributed by atoms with E-state index in [-0.39, 0.29) is 0 Å². The van der Waals surface area contributed by atoms with Crippen molar-refractivity contribution < 1.29 is 4.42 Å². The van der Waals surface area contributed by atoms with Crippen molar-refractivity contribution in [2.24, 2.45) is 0 Å². The van der Waals surface area contributed by atoms with Gasteiger partial charge in [0.05, 0.1) is 5.57 Å². The molecule has 1 heterocycles. The predicted octanol–water partition coefficient (Wildman–Crippen LogP) is 9.38. The first kappa shape index (κ1) is 20.8. The Kier molecular flexibility index (Phi) is 4.08. The summed E-state index contributed by atoms with van der Waals surface area (Å²) >= 11 is 0. The first-order valence-corrected chi connectivity index (χ1v) is 13.3. The molecule has 0 saturated carbocycles. The second kappa shape index (κ2) is 7.66. The summed E-state index contributed by atoms with van der Waals surface area (Å²) in [5, 5.41) is 4.94. The number of rotatable bonds is 2. The average Bonchev–Trinajstić information content (AvgIpc) is 3.67. The Balaban J connectivity index is 1.51. The highest BCUT2D eigenvalue weighted by atomic mass is 16.3. The SMILES string of the molecule is c1ccc(C2=C3C(=C(c4nc5ccccc5o4)c4c3ccc3ccccc43)c3ccc4ccccc4c32)cc1. The number of aromatic nitrogens is 1. The lowest BCUT2D eigenvalue weighted by atomic mass is 9.89. The smallest absolute Gasteiger partial charge is 0.228 e. The highest BCUT2D eigenvalue weighted by Gasteiger charge is 2.40. The Morgan fingerprint density at radius 3 is 1.69 bits per heavy atom. The highest BCUT2D eigenvalue weighted by molar-refractivity contribution is 6.38. The van der Waals surface area contributed by atoms with Gasteiger partial charge in [-0.15, -0.1) is 0 Å². The van der Waals surface area contributed by atoms with Gasteiger partial charge in [-0.2, -0.15) is 0 Å².